The first-order valence-electron chi connectivity index (χ1n) is 9.66. The number of nitrogens with zero attached hydrogens (tertiary/aromatic N) is 1. The highest BCUT2D eigenvalue weighted by Crippen LogP contribution is 2.33. The van der Waals surface area contributed by atoms with Gasteiger partial charge in [0.05, 0.1) is 19.3 Å². The van der Waals surface area contributed by atoms with Crippen molar-refractivity contribution in [2.24, 2.45) is 0 Å². The van der Waals surface area contributed by atoms with E-state index in [4.69, 9.17) is 9.47 Å². The molecule has 1 aliphatic rings. The molecule has 0 aromatic heterocycles. The van der Waals surface area contributed by atoms with Crippen molar-refractivity contribution >= 4 is 12.0 Å². The van der Waals surface area contributed by atoms with E-state index in [-0.39, 0.29) is 11.9 Å². The molecule has 1 unspecified atom stereocenters. The summed E-state index contributed by atoms with van der Waals surface area (Å²) >= 11 is 0. The summed E-state index contributed by atoms with van der Waals surface area (Å²) in [5, 5.41) is 0. The maximum atomic E-state index is 12.8. The van der Waals surface area contributed by atoms with Gasteiger partial charge in [-0.05, 0) is 56.5 Å². The number of amides is 1. The number of hydrogen-bond acceptors (Lipinski definition) is 3. The van der Waals surface area contributed by atoms with Crippen LogP contribution in [-0.2, 0) is 4.79 Å². The third-order valence-electron chi connectivity index (χ3n) is 4.74. The number of carbonyl (C=O) groups is 1. The second-order valence-corrected chi connectivity index (χ2v) is 6.50. The average Bonchev–Trinajstić information content (AvgIpc) is 3.18. The van der Waals surface area contributed by atoms with Crippen LogP contribution in [0.15, 0.2) is 54.6 Å². The van der Waals surface area contributed by atoms with Gasteiger partial charge < -0.3 is 14.4 Å². The molecule has 3 rings (SSSR count). The summed E-state index contributed by atoms with van der Waals surface area (Å²) in [5.41, 5.74) is 2.08. The van der Waals surface area contributed by atoms with Crippen molar-refractivity contribution in [2.75, 3.05) is 19.8 Å². The second-order valence-electron chi connectivity index (χ2n) is 6.50. The zero-order chi connectivity index (χ0) is 19.1. The molecular weight excluding hydrogens is 338 g/mol. The number of benzene rings is 2. The van der Waals surface area contributed by atoms with Crippen LogP contribution in [0.4, 0.5) is 0 Å². The molecule has 0 spiro atoms. The predicted octanol–water partition coefficient (Wildman–Crippen LogP) is 4.86. The van der Waals surface area contributed by atoms with Crippen LogP contribution >= 0.6 is 0 Å². The fraction of sp³-hybridized carbons (Fsp3) is 0.348. The predicted molar refractivity (Wildman–Crippen MR) is 108 cm³/mol. The Bertz CT molecular complexity index is 782. The van der Waals surface area contributed by atoms with Gasteiger partial charge in [0.2, 0.25) is 5.91 Å². The summed E-state index contributed by atoms with van der Waals surface area (Å²) in [6.07, 6.45) is 5.52. The molecule has 142 valence electrons. The van der Waals surface area contributed by atoms with Gasteiger partial charge in [-0.3, -0.25) is 4.79 Å². The van der Waals surface area contributed by atoms with Crippen molar-refractivity contribution in [3.63, 3.8) is 0 Å². The van der Waals surface area contributed by atoms with Crippen LogP contribution in [-0.4, -0.2) is 30.6 Å². The van der Waals surface area contributed by atoms with Gasteiger partial charge >= 0.3 is 0 Å². The molecule has 4 nitrogen and oxygen atoms in total. The largest absolute Gasteiger partial charge is 0.494 e. The Morgan fingerprint density at radius 1 is 1.07 bits per heavy atom. The van der Waals surface area contributed by atoms with Gasteiger partial charge in [0, 0.05) is 18.2 Å². The fourth-order valence-electron chi connectivity index (χ4n) is 3.49. The Hall–Kier alpha value is -2.75. The lowest BCUT2D eigenvalue weighted by Gasteiger charge is -2.24. The molecule has 2 aromatic carbocycles. The van der Waals surface area contributed by atoms with Crippen molar-refractivity contribution in [3.05, 3.63) is 65.7 Å². The monoisotopic (exact) mass is 365 g/mol. The van der Waals surface area contributed by atoms with E-state index in [2.05, 4.69) is 12.1 Å². The zero-order valence-electron chi connectivity index (χ0n) is 16.1. The molecule has 1 atom stereocenters. The molecule has 1 fully saturated rings. The second kappa shape index (κ2) is 9.26. The molecular formula is C23H27NO3. The molecule has 27 heavy (non-hydrogen) atoms. The maximum Gasteiger partial charge on any atom is 0.247 e. The van der Waals surface area contributed by atoms with Gasteiger partial charge in [-0.1, -0.05) is 30.3 Å². The van der Waals surface area contributed by atoms with E-state index in [0.29, 0.717) is 13.2 Å². The lowest BCUT2D eigenvalue weighted by molar-refractivity contribution is -0.126. The SMILES string of the molecule is CCOc1ccc(C2CCCN2C(=O)/C=C/c2ccccc2OCC)cc1. The Labute approximate surface area is 161 Å². The minimum Gasteiger partial charge on any atom is -0.494 e. The highest BCUT2D eigenvalue weighted by Gasteiger charge is 2.28. The number of ether oxygens (including phenoxy) is 2. The third kappa shape index (κ3) is 4.70. The molecule has 1 heterocycles. The molecule has 1 aliphatic heterocycles. The van der Waals surface area contributed by atoms with Gasteiger partial charge in [-0.2, -0.15) is 0 Å². The van der Waals surface area contributed by atoms with Gasteiger partial charge in [0.15, 0.2) is 0 Å². The first-order valence-corrected chi connectivity index (χ1v) is 9.66. The highest BCUT2D eigenvalue weighted by molar-refractivity contribution is 5.92. The molecule has 0 aliphatic carbocycles. The number of rotatable bonds is 7. The molecule has 1 amide bonds. The number of para-hydroxylation sites is 1. The van der Waals surface area contributed by atoms with Crippen LogP contribution in [0.5, 0.6) is 11.5 Å². The zero-order valence-corrected chi connectivity index (χ0v) is 16.1. The maximum absolute atomic E-state index is 12.8. The van der Waals surface area contributed by atoms with E-state index in [1.807, 2.05) is 61.2 Å². The Morgan fingerprint density at radius 2 is 1.81 bits per heavy atom. The van der Waals surface area contributed by atoms with Crippen molar-refractivity contribution in [1.29, 1.82) is 0 Å². The third-order valence-corrected chi connectivity index (χ3v) is 4.74. The summed E-state index contributed by atoms with van der Waals surface area (Å²) in [6.45, 7) is 5.97. The van der Waals surface area contributed by atoms with Crippen molar-refractivity contribution in [1.82, 2.24) is 4.90 Å². The van der Waals surface area contributed by atoms with Crippen LogP contribution < -0.4 is 9.47 Å². The minimum atomic E-state index is 0.0395. The van der Waals surface area contributed by atoms with Crippen molar-refractivity contribution in [3.8, 4) is 11.5 Å². The fourth-order valence-corrected chi connectivity index (χ4v) is 3.49. The minimum absolute atomic E-state index is 0.0395. The van der Waals surface area contributed by atoms with Gasteiger partial charge in [-0.25, -0.2) is 0 Å². The van der Waals surface area contributed by atoms with Crippen LogP contribution in [0.1, 0.15) is 43.9 Å². The normalized spacial score (nSPS) is 16.7. The Balaban J connectivity index is 1.72. The van der Waals surface area contributed by atoms with Gasteiger partial charge in [0.25, 0.3) is 0 Å². The Morgan fingerprint density at radius 3 is 2.56 bits per heavy atom. The molecule has 2 aromatic rings. The van der Waals surface area contributed by atoms with Crippen molar-refractivity contribution in [2.45, 2.75) is 32.7 Å². The van der Waals surface area contributed by atoms with E-state index in [1.54, 1.807) is 6.08 Å². The van der Waals surface area contributed by atoms with Gasteiger partial charge in [0.1, 0.15) is 11.5 Å². The lowest BCUT2D eigenvalue weighted by Crippen LogP contribution is -2.28. The van der Waals surface area contributed by atoms with E-state index >= 15 is 0 Å². The Kier molecular flexibility index (Phi) is 6.53. The topological polar surface area (TPSA) is 38.8 Å². The van der Waals surface area contributed by atoms with Crippen LogP contribution in [0.3, 0.4) is 0 Å². The molecule has 0 N–H and O–H groups in total. The van der Waals surface area contributed by atoms with Crippen LogP contribution in [0.25, 0.3) is 6.08 Å². The highest BCUT2D eigenvalue weighted by atomic mass is 16.5. The first kappa shape index (κ1) is 19.0. The van der Waals surface area contributed by atoms with Gasteiger partial charge in [-0.15, -0.1) is 0 Å². The molecule has 1 saturated heterocycles. The standard InChI is InChI=1S/C23H27NO3/c1-3-26-20-14-11-18(12-15-20)21-9-7-17-24(21)23(25)16-13-19-8-5-6-10-22(19)27-4-2/h5-6,8,10-16,21H,3-4,7,9,17H2,1-2H3/b16-13+. The molecule has 0 bridgehead atoms. The van der Waals surface area contributed by atoms with Crippen molar-refractivity contribution < 1.29 is 14.3 Å². The quantitative estimate of drug-likeness (QED) is 0.658. The number of hydrogen-bond donors (Lipinski definition) is 0. The van der Waals surface area contributed by atoms with E-state index in [1.165, 1.54) is 0 Å². The smallest absolute Gasteiger partial charge is 0.247 e. The summed E-state index contributed by atoms with van der Waals surface area (Å²) in [4.78, 5) is 14.8. The van der Waals surface area contributed by atoms with E-state index in [0.717, 1.165) is 42.0 Å². The molecule has 0 saturated carbocycles. The van der Waals surface area contributed by atoms with E-state index in [9.17, 15) is 4.79 Å². The summed E-state index contributed by atoms with van der Waals surface area (Å²) < 4.78 is 11.1. The first-order chi connectivity index (χ1) is 13.2. The summed E-state index contributed by atoms with van der Waals surface area (Å²) in [5.74, 6) is 1.70. The molecule has 0 radical (unpaired) electrons. The lowest BCUT2D eigenvalue weighted by atomic mass is 10.0. The van der Waals surface area contributed by atoms with Crippen LogP contribution in [0.2, 0.25) is 0 Å². The summed E-state index contributed by atoms with van der Waals surface area (Å²) in [7, 11) is 0. The molecule has 4 heteroatoms. The summed E-state index contributed by atoms with van der Waals surface area (Å²) in [6, 6.07) is 16.0. The van der Waals surface area contributed by atoms with Crippen LogP contribution in [0, 0.1) is 0 Å². The number of likely N-dealkylation sites (tertiary alicyclic amines) is 1. The van der Waals surface area contributed by atoms with E-state index < -0.39 is 0 Å². The number of carbonyl (C=O) groups excluding carboxylic acids is 1. The average molecular weight is 365 g/mol.